The van der Waals surface area contributed by atoms with Gasteiger partial charge in [0.25, 0.3) is 0 Å². The summed E-state index contributed by atoms with van der Waals surface area (Å²) in [4.78, 5) is 3.78. The first-order valence-electron chi connectivity index (χ1n) is 6.73. The maximum atomic E-state index is 5.46. The van der Waals surface area contributed by atoms with Crippen LogP contribution in [0.4, 0.5) is 5.69 Å². The molecule has 0 saturated carbocycles. The van der Waals surface area contributed by atoms with Crippen molar-refractivity contribution in [2.45, 2.75) is 26.7 Å². The van der Waals surface area contributed by atoms with Crippen LogP contribution in [0.2, 0.25) is 0 Å². The van der Waals surface area contributed by atoms with E-state index in [-0.39, 0.29) is 0 Å². The number of nitrogens with one attached hydrogen (secondary N) is 2. The summed E-state index contributed by atoms with van der Waals surface area (Å²) in [5.41, 5.74) is 2.62. The Hall–Kier alpha value is -1.13. The molecule has 18 heavy (non-hydrogen) atoms. The molecule has 1 aliphatic heterocycles. The van der Waals surface area contributed by atoms with E-state index >= 15 is 0 Å². The van der Waals surface area contributed by atoms with Crippen molar-refractivity contribution in [1.82, 2.24) is 5.32 Å². The maximum absolute atomic E-state index is 5.46. The van der Waals surface area contributed by atoms with Crippen LogP contribution in [0.25, 0.3) is 0 Å². The summed E-state index contributed by atoms with van der Waals surface area (Å²) < 4.78 is 0. The van der Waals surface area contributed by atoms with Gasteiger partial charge in [0.2, 0.25) is 0 Å². The Labute approximate surface area is 115 Å². The van der Waals surface area contributed by atoms with Crippen molar-refractivity contribution >= 4 is 23.0 Å². The molecule has 3 nitrogen and oxygen atoms in total. The second-order valence-electron chi connectivity index (χ2n) is 4.73. The predicted molar refractivity (Wildman–Crippen MR) is 79.9 cm³/mol. The molecule has 0 amide bonds. The molecule has 1 saturated heterocycles. The van der Waals surface area contributed by atoms with Crippen LogP contribution < -0.4 is 15.1 Å². The number of rotatable bonds is 4. The van der Waals surface area contributed by atoms with Crippen LogP contribution in [0, 0.1) is 0 Å². The lowest BCUT2D eigenvalue weighted by atomic mass is 10.1. The highest BCUT2D eigenvalue weighted by Crippen LogP contribution is 2.20. The van der Waals surface area contributed by atoms with Gasteiger partial charge in [-0.15, -0.1) is 0 Å². The van der Waals surface area contributed by atoms with Crippen molar-refractivity contribution in [3.63, 3.8) is 0 Å². The topological polar surface area (TPSA) is 19.7 Å². The fourth-order valence-corrected chi connectivity index (χ4v) is 2.67. The van der Waals surface area contributed by atoms with Gasteiger partial charge in [-0.05, 0) is 36.7 Å². The van der Waals surface area contributed by atoms with Crippen LogP contribution in [0.5, 0.6) is 0 Å². The van der Waals surface area contributed by atoms with Gasteiger partial charge in [-0.2, -0.15) is 0 Å². The quantitative estimate of drug-likeness (QED) is 0.796. The van der Waals surface area contributed by atoms with Crippen molar-refractivity contribution < 1.29 is 4.90 Å². The van der Waals surface area contributed by atoms with E-state index in [0.29, 0.717) is 0 Å². The molecule has 1 fully saturated rings. The van der Waals surface area contributed by atoms with E-state index in [1.54, 1.807) is 0 Å². The largest absolute Gasteiger partial charge is 0.315 e. The molecule has 98 valence electrons. The molecule has 0 aliphatic carbocycles. The van der Waals surface area contributed by atoms with Crippen LogP contribution in [-0.4, -0.2) is 25.0 Å². The van der Waals surface area contributed by atoms with Crippen molar-refractivity contribution in [3.8, 4) is 0 Å². The smallest absolute Gasteiger partial charge is 0.182 e. The number of aryl methyl sites for hydroxylation is 1. The Bertz CT molecular complexity index is 419. The highest BCUT2D eigenvalue weighted by atomic mass is 32.1. The predicted octanol–water partition coefficient (Wildman–Crippen LogP) is 1.15. The van der Waals surface area contributed by atoms with E-state index in [2.05, 4.69) is 48.3 Å². The summed E-state index contributed by atoms with van der Waals surface area (Å²) in [7, 11) is 0. The molecule has 1 aromatic carbocycles. The van der Waals surface area contributed by atoms with Gasteiger partial charge in [-0.3, -0.25) is 4.90 Å². The lowest BCUT2D eigenvalue weighted by molar-refractivity contribution is -0.903. The molecule has 2 rings (SSSR count). The molecule has 1 aliphatic rings. The number of quaternary nitrogens is 1. The fraction of sp³-hybridized carbons (Fsp3) is 0.500. The van der Waals surface area contributed by atoms with Crippen LogP contribution >= 0.6 is 12.2 Å². The van der Waals surface area contributed by atoms with Crippen molar-refractivity contribution in [1.29, 1.82) is 0 Å². The number of hydrogen-bond donors (Lipinski definition) is 2. The monoisotopic (exact) mass is 264 g/mol. The average molecular weight is 264 g/mol. The van der Waals surface area contributed by atoms with Gasteiger partial charge >= 0.3 is 0 Å². The molecule has 1 heterocycles. The van der Waals surface area contributed by atoms with Gasteiger partial charge in [-0.1, -0.05) is 32.0 Å². The normalized spacial score (nSPS) is 19.8. The van der Waals surface area contributed by atoms with Crippen molar-refractivity contribution in [3.05, 3.63) is 29.8 Å². The second kappa shape index (κ2) is 6.16. The number of para-hydroxylation sites is 1. The van der Waals surface area contributed by atoms with Gasteiger partial charge in [0.1, 0.15) is 0 Å². The third-order valence-electron chi connectivity index (χ3n) is 3.38. The third kappa shape index (κ3) is 2.82. The minimum atomic E-state index is 0.857. The van der Waals surface area contributed by atoms with E-state index in [1.165, 1.54) is 29.1 Å². The van der Waals surface area contributed by atoms with E-state index in [4.69, 9.17) is 12.2 Å². The first-order valence-corrected chi connectivity index (χ1v) is 7.14. The zero-order valence-corrected chi connectivity index (χ0v) is 12.0. The zero-order chi connectivity index (χ0) is 13.0. The fourth-order valence-electron chi connectivity index (χ4n) is 2.44. The number of thiocarbonyl (C=S) groups is 1. The highest BCUT2D eigenvalue weighted by Gasteiger charge is 2.25. The SMILES string of the molecule is CCC[NH+]1CNC(=S)N(c2ccccc2CC)C1. The van der Waals surface area contributed by atoms with Gasteiger partial charge < -0.3 is 10.2 Å². The molecule has 1 aromatic rings. The van der Waals surface area contributed by atoms with E-state index in [1.807, 2.05) is 0 Å². The third-order valence-corrected chi connectivity index (χ3v) is 3.75. The van der Waals surface area contributed by atoms with Crippen LogP contribution in [-0.2, 0) is 6.42 Å². The number of anilines is 1. The summed E-state index contributed by atoms with van der Waals surface area (Å²) >= 11 is 5.46. The Kier molecular flexibility index (Phi) is 4.55. The summed E-state index contributed by atoms with van der Waals surface area (Å²) in [6, 6.07) is 8.54. The van der Waals surface area contributed by atoms with Crippen LogP contribution in [0.1, 0.15) is 25.8 Å². The van der Waals surface area contributed by atoms with E-state index in [0.717, 1.165) is 24.9 Å². The van der Waals surface area contributed by atoms with E-state index in [9.17, 15) is 0 Å². The molecular formula is C14H22N3S+. The zero-order valence-electron chi connectivity index (χ0n) is 11.2. The number of hydrogen-bond acceptors (Lipinski definition) is 1. The molecule has 2 N–H and O–H groups in total. The summed E-state index contributed by atoms with van der Waals surface area (Å²) in [5, 5.41) is 4.19. The Balaban J connectivity index is 2.21. The molecule has 4 heteroatoms. The molecule has 0 radical (unpaired) electrons. The summed E-state index contributed by atoms with van der Waals surface area (Å²) in [6.07, 6.45) is 2.24. The van der Waals surface area contributed by atoms with Crippen molar-refractivity contribution in [2.75, 3.05) is 24.8 Å². The Morgan fingerprint density at radius 2 is 2.11 bits per heavy atom. The second-order valence-corrected chi connectivity index (χ2v) is 5.11. The summed E-state index contributed by atoms with van der Waals surface area (Å²) in [5.74, 6) is 0. The number of benzene rings is 1. The number of nitrogens with zero attached hydrogens (tertiary/aromatic N) is 1. The summed E-state index contributed by atoms with van der Waals surface area (Å²) in [6.45, 7) is 7.51. The average Bonchev–Trinajstić information content (AvgIpc) is 2.41. The molecule has 0 aromatic heterocycles. The minimum absolute atomic E-state index is 0.857. The molecular weight excluding hydrogens is 242 g/mol. The van der Waals surface area contributed by atoms with Crippen LogP contribution in [0.3, 0.4) is 0 Å². The highest BCUT2D eigenvalue weighted by molar-refractivity contribution is 7.80. The standard InChI is InChI=1S/C14H21N3S/c1-3-9-16-10-15-14(18)17(11-16)13-8-6-5-7-12(13)4-2/h5-8H,3-4,9-11H2,1-2H3,(H,15,18)/p+1. The van der Waals surface area contributed by atoms with Gasteiger partial charge in [-0.25, -0.2) is 0 Å². The molecule has 0 bridgehead atoms. The van der Waals surface area contributed by atoms with E-state index < -0.39 is 0 Å². The van der Waals surface area contributed by atoms with Gasteiger partial charge in [0, 0.05) is 0 Å². The lowest BCUT2D eigenvalue weighted by Gasteiger charge is -2.36. The van der Waals surface area contributed by atoms with Gasteiger partial charge in [0.05, 0.1) is 12.2 Å². The Morgan fingerprint density at radius 1 is 1.33 bits per heavy atom. The first-order chi connectivity index (χ1) is 8.76. The minimum Gasteiger partial charge on any atom is -0.315 e. The van der Waals surface area contributed by atoms with Crippen molar-refractivity contribution in [2.24, 2.45) is 0 Å². The van der Waals surface area contributed by atoms with Gasteiger partial charge in [0.15, 0.2) is 18.4 Å². The molecule has 1 atom stereocenters. The van der Waals surface area contributed by atoms with Crippen LogP contribution in [0.15, 0.2) is 24.3 Å². The first kappa shape index (κ1) is 13.3. The molecule has 1 unspecified atom stereocenters. The molecule has 0 spiro atoms. The maximum Gasteiger partial charge on any atom is 0.182 e. The lowest BCUT2D eigenvalue weighted by Crippen LogP contribution is -3.17. The Morgan fingerprint density at radius 3 is 2.83 bits per heavy atom.